The highest BCUT2D eigenvalue weighted by Gasteiger charge is 2.22. The largest absolute Gasteiger partial charge is 0.394 e. The minimum atomic E-state index is -0.366. The van der Waals surface area contributed by atoms with Crippen molar-refractivity contribution in [1.82, 2.24) is 9.78 Å². The Bertz CT molecular complexity index is 450. The van der Waals surface area contributed by atoms with Gasteiger partial charge in [-0.25, -0.2) is 4.68 Å². The van der Waals surface area contributed by atoms with Gasteiger partial charge in [0.2, 0.25) is 5.91 Å². The zero-order valence-electron chi connectivity index (χ0n) is 12.5. The van der Waals surface area contributed by atoms with E-state index in [4.69, 9.17) is 11.5 Å². The number of anilines is 2. The summed E-state index contributed by atoms with van der Waals surface area (Å²) in [6, 6.07) is 0.175. The molecule has 0 saturated heterocycles. The van der Waals surface area contributed by atoms with Gasteiger partial charge in [-0.15, -0.1) is 0 Å². The highest BCUT2D eigenvalue weighted by atomic mass is 16.1. The van der Waals surface area contributed by atoms with Crippen molar-refractivity contribution >= 4 is 17.4 Å². The number of aryl methyl sites for hydroxylation is 1. The van der Waals surface area contributed by atoms with E-state index in [0.717, 1.165) is 11.5 Å². The fourth-order valence-corrected chi connectivity index (χ4v) is 2.08. The van der Waals surface area contributed by atoms with Gasteiger partial charge in [0, 0.05) is 12.6 Å². The van der Waals surface area contributed by atoms with Gasteiger partial charge < -0.3 is 16.4 Å². The van der Waals surface area contributed by atoms with Gasteiger partial charge in [-0.1, -0.05) is 13.8 Å². The van der Waals surface area contributed by atoms with Gasteiger partial charge in [0.1, 0.15) is 0 Å². The Kier molecular flexibility index (Phi) is 4.80. The Morgan fingerprint density at radius 1 is 1.37 bits per heavy atom. The van der Waals surface area contributed by atoms with Crippen molar-refractivity contribution in [3.05, 3.63) is 5.69 Å². The van der Waals surface area contributed by atoms with E-state index >= 15 is 0 Å². The van der Waals surface area contributed by atoms with Crippen LogP contribution < -0.4 is 16.4 Å². The minimum Gasteiger partial charge on any atom is -0.394 e. The summed E-state index contributed by atoms with van der Waals surface area (Å²) in [7, 11) is 0. The average Bonchev–Trinajstić information content (AvgIpc) is 2.53. The molecule has 1 rings (SSSR count). The molecule has 1 aromatic heterocycles. The van der Waals surface area contributed by atoms with Gasteiger partial charge in [-0.05, 0) is 26.7 Å². The van der Waals surface area contributed by atoms with Gasteiger partial charge in [0.05, 0.1) is 17.9 Å². The zero-order chi connectivity index (χ0) is 14.7. The molecule has 4 N–H and O–H groups in total. The number of primary amides is 1. The number of aromatic nitrogens is 2. The number of nitrogens with zero attached hydrogens (tertiary/aromatic N) is 3. The zero-order valence-corrected chi connectivity index (χ0v) is 12.5. The molecule has 0 spiro atoms. The van der Waals surface area contributed by atoms with Crippen molar-refractivity contribution in [2.45, 2.75) is 40.7 Å². The van der Waals surface area contributed by atoms with Gasteiger partial charge >= 0.3 is 0 Å². The van der Waals surface area contributed by atoms with Crippen molar-refractivity contribution in [1.29, 1.82) is 0 Å². The number of amides is 1. The van der Waals surface area contributed by atoms with Crippen LogP contribution in [0.3, 0.4) is 0 Å². The molecule has 19 heavy (non-hydrogen) atoms. The summed E-state index contributed by atoms with van der Waals surface area (Å²) >= 11 is 0. The number of nitrogens with two attached hydrogens (primary N) is 2. The quantitative estimate of drug-likeness (QED) is 0.813. The highest BCUT2D eigenvalue weighted by molar-refractivity contribution is 5.81. The molecule has 0 saturated carbocycles. The maximum atomic E-state index is 11.3. The summed E-state index contributed by atoms with van der Waals surface area (Å²) in [5, 5.41) is 4.44. The minimum absolute atomic E-state index is 0.153. The molecule has 6 nitrogen and oxygen atoms in total. The second kappa shape index (κ2) is 5.95. The molecule has 1 amide bonds. The third kappa shape index (κ3) is 3.62. The smallest absolute Gasteiger partial charge is 0.236 e. The fraction of sp³-hybridized carbons (Fsp3) is 0.692. The first-order chi connectivity index (χ1) is 8.73. The molecule has 1 aromatic rings. The van der Waals surface area contributed by atoms with Crippen LogP contribution in [0.5, 0.6) is 0 Å². The Labute approximate surface area is 114 Å². The van der Waals surface area contributed by atoms with E-state index in [-0.39, 0.29) is 18.5 Å². The molecule has 0 fully saturated rings. The molecule has 0 aliphatic heterocycles. The number of carbonyl (C=O) groups excluding carboxylic acids is 1. The number of nitrogen functional groups attached to an aromatic ring is 1. The monoisotopic (exact) mass is 267 g/mol. The summed E-state index contributed by atoms with van der Waals surface area (Å²) in [5.41, 5.74) is 12.9. The fourth-order valence-electron chi connectivity index (χ4n) is 2.08. The third-order valence-electron chi connectivity index (χ3n) is 2.83. The van der Waals surface area contributed by atoms with E-state index in [1.54, 1.807) is 0 Å². The predicted molar refractivity (Wildman–Crippen MR) is 78.0 cm³/mol. The lowest BCUT2D eigenvalue weighted by molar-refractivity contribution is -0.116. The van der Waals surface area contributed by atoms with Gasteiger partial charge in [-0.2, -0.15) is 5.10 Å². The van der Waals surface area contributed by atoms with Gasteiger partial charge in [-0.3, -0.25) is 4.79 Å². The molecule has 1 heterocycles. The maximum Gasteiger partial charge on any atom is 0.236 e. The van der Waals surface area contributed by atoms with Crippen molar-refractivity contribution in [3.8, 4) is 0 Å². The average molecular weight is 267 g/mol. The van der Waals surface area contributed by atoms with Crippen LogP contribution in [0.25, 0.3) is 0 Å². The number of carbonyl (C=O) groups is 1. The molecule has 0 aliphatic carbocycles. The standard InChI is InChI=1S/C13H25N5O/c1-8(2)6-17(7-11(14)19)13-12(15)10(5)16-18(13)9(3)4/h8-9H,6-7,15H2,1-5H3,(H2,14,19). The Balaban J connectivity index is 3.23. The van der Waals surface area contributed by atoms with Gasteiger partial charge in [0.25, 0.3) is 0 Å². The van der Waals surface area contributed by atoms with Crippen LogP contribution in [-0.2, 0) is 4.79 Å². The molecule has 0 unspecified atom stereocenters. The van der Waals surface area contributed by atoms with Crippen molar-refractivity contribution in [3.63, 3.8) is 0 Å². The van der Waals surface area contributed by atoms with E-state index in [0.29, 0.717) is 18.2 Å². The molecule has 0 atom stereocenters. The first-order valence-electron chi connectivity index (χ1n) is 6.61. The lowest BCUT2D eigenvalue weighted by Gasteiger charge is -2.27. The number of rotatable bonds is 6. The Morgan fingerprint density at radius 3 is 2.37 bits per heavy atom. The third-order valence-corrected chi connectivity index (χ3v) is 2.83. The van der Waals surface area contributed by atoms with E-state index in [1.165, 1.54) is 0 Å². The van der Waals surface area contributed by atoms with E-state index in [9.17, 15) is 4.79 Å². The maximum absolute atomic E-state index is 11.3. The summed E-state index contributed by atoms with van der Waals surface area (Å²) in [4.78, 5) is 13.2. The summed E-state index contributed by atoms with van der Waals surface area (Å²) in [5.74, 6) is 0.823. The highest BCUT2D eigenvalue weighted by Crippen LogP contribution is 2.29. The van der Waals surface area contributed by atoms with Crippen LogP contribution in [-0.4, -0.2) is 28.8 Å². The number of hydrogen-bond acceptors (Lipinski definition) is 4. The summed E-state index contributed by atoms with van der Waals surface area (Å²) < 4.78 is 1.86. The van der Waals surface area contributed by atoms with Gasteiger partial charge in [0.15, 0.2) is 5.82 Å². The second-order valence-corrected chi connectivity index (χ2v) is 5.60. The predicted octanol–water partition coefficient (Wildman–Crippen LogP) is 1.30. The summed E-state index contributed by atoms with van der Waals surface area (Å²) in [6.07, 6.45) is 0. The molecule has 108 valence electrons. The molecule has 0 aromatic carbocycles. The molecular formula is C13H25N5O. The van der Waals surface area contributed by atoms with Crippen molar-refractivity contribution in [2.24, 2.45) is 11.7 Å². The van der Waals surface area contributed by atoms with Crippen LogP contribution in [0.2, 0.25) is 0 Å². The molecule has 0 bridgehead atoms. The topological polar surface area (TPSA) is 90.2 Å². The molecule has 0 aliphatic rings. The van der Waals surface area contributed by atoms with Crippen molar-refractivity contribution < 1.29 is 4.79 Å². The Morgan fingerprint density at radius 2 is 1.95 bits per heavy atom. The lowest BCUT2D eigenvalue weighted by Crippen LogP contribution is -2.38. The molecule has 6 heteroatoms. The van der Waals surface area contributed by atoms with Crippen LogP contribution >= 0.6 is 0 Å². The van der Waals surface area contributed by atoms with Crippen molar-refractivity contribution in [2.75, 3.05) is 23.7 Å². The Hall–Kier alpha value is -1.72. The van der Waals surface area contributed by atoms with Crippen LogP contribution in [0.1, 0.15) is 39.4 Å². The van der Waals surface area contributed by atoms with E-state index in [2.05, 4.69) is 18.9 Å². The van der Waals surface area contributed by atoms with Crippen LogP contribution in [0.15, 0.2) is 0 Å². The summed E-state index contributed by atoms with van der Waals surface area (Å²) in [6.45, 7) is 11.0. The van der Waals surface area contributed by atoms with Crippen LogP contribution in [0.4, 0.5) is 11.5 Å². The molecule has 0 radical (unpaired) electrons. The van der Waals surface area contributed by atoms with E-state index < -0.39 is 0 Å². The first-order valence-corrected chi connectivity index (χ1v) is 6.61. The molecular weight excluding hydrogens is 242 g/mol. The first kappa shape index (κ1) is 15.3. The lowest BCUT2D eigenvalue weighted by atomic mass is 10.2. The van der Waals surface area contributed by atoms with Crippen LogP contribution in [0, 0.1) is 12.8 Å². The normalized spacial score (nSPS) is 11.3. The number of hydrogen-bond donors (Lipinski definition) is 2. The SMILES string of the molecule is Cc1nn(C(C)C)c(N(CC(N)=O)CC(C)C)c1N. The second-order valence-electron chi connectivity index (χ2n) is 5.60. The van der Waals surface area contributed by atoms with E-state index in [1.807, 2.05) is 30.4 Å².